The quantitative estimate of drug-likeness (QED) is 0.626. The molecule has 0 saturated carbocycles. The number of amides is 1. The predicted octanol–water partition coefficient (Wildman–Crippen LogP) is 2.82. The van der Waals surface area contributed by atoms with Crippen molar-refractivity contribution in [3.05, 3.63) is 52.2 Å². The van der Waals surface area contributed by atoms with Crippen LogP contribution in [0.3, 0.4) is 0 Å². The highest BCUT2D eigenvalue weighted by molar-refractivity contribution is 6.11. The molecule has 8 heteroatoms. The van der Waals surface area contributed by atoms with Gasteiger partial charge in [0.25, 0.3) is 11.6 Å². The summed E-state index contributed by atoms with van der Waals surface area (Å²) in [4.78, 5) is 29.6. The van der Waals surface area contributed by atoms with Crippen molar-refractivity contribution in [2.75, 3.05) is 18.1 Å². The molecule has 0 fully saturated rings. The van der Waals surface area contributed by atoms with Crippen LogP contribution in [-0.2, 0) is 0 Å². The molecule has 0 aliphatic carbocycles. The van der Waals surface area contributed by atoms with Gasteiger partial charge in [0.15, 0.2) is 5.56 Å². The van der Waals surface area contributed by atoms with Crippen molar-refractivity contribution < 1.29 is 19.2 Å². The summed E-state index contributed by atoms with van der Waals surface area (Å²) in [5.74, 6) is -0.00224. The van der Waals surface area contributed by atoms with E-state index in [-0.39, 0.29) is 29.6 Å². The van der Waals surface area contributed by atoms with Gasteiger partial charge in [-0.25, -0.2) is 4.98 Å². The lowest BCUT2D eigenvalue weighted by atomic mass is 10.1. The Kier molecular flexibility index (Phi) is 4.51. The minimum absolute atomic E-state index is 0.0711. The summed E-state index contributed by atoms with van der Waals surface area (Å²) in [5.41, 5.74) is 0.116. The lowest BCUT2D eigenvalue weighted by Gasteiger charge is -2.32. The van der Waals surface area contributed by atoms with E-state index in [1.165, 1.54) is 17.0 Å². The van der Waals surface area contributed by atoms with Gasteiger partial charge in [-0.1, -0.05) is 6.07 Å². The zero-order valence-corrected chi connectivity index (χ0v) is 13.8. The highest BCUT2D eigenvalue weighted by Crippen LogP contribution is 2.36. The third kappa shape index (κ3) is 3.10. The standard InChI is InChI=1S/C17H17N3O5/c1-3-24-14-8-4-6-12(20(22)23)15(14)17(21)19-10-11(2)25-16-13(19)7-5-9-18-16/h4-9,11H,3,10H2,1-2H3/t11-/m0/s1. The molecule has 1 amide bonds. The summed E-state index contributed by atoms with van der Waals surface area (Å²) in [6, 6.07) is 7.72. The van der Waals surface area contributed by atoms with E-state index in [4.69, 9.17) is 9.47 Å². The molecule has 3 rings (SSSR count). The number of hydrogen-bond acceptors (Lipinski definition) is 6. The fourth-order valence-electron chi connectivity index (χ4n) is 2.75. The van der Waals surface area contributed by atoms with Gasteiger partial charge in [0, 0.05) is 12.3 Å². The molecular weight excluding hydrogens is 326 g/mol. The molecule has 25 heavy (non-hydrogen) atoms. The number of ether oxygens (including phenoxy) is 2. The number of aromatic nitrogens is 1. The van der Waals surface area contributed by atoms with Crippen LogP contribution in [0.4, 0.5) is 11.4 Å². The Labute approximate surface area is 144 Å². The second kappa shape index (κ2) is 6.76. The zero-order valence-electron chi connectivity index (χ0n) is 13.8. The van der Waals surface area contributed by atoms with Crippen LogP contribution in [0, 0.1) is 10.1 Å². The summed E-state index contributed by atoms with van der Waals surface area (Å²) < 4.78 is 11.1. The molecule has 0 spiro atoms. The number of hydrogen-bond donors (Lipinski definition) is 0. The first-order valence-corrected chi connectivity index (χ1v) is 7.86. The van der Waals surface area contributed by atoms with Gasteiger partial charge in [0.05, 0.1) is 18.1 Å². The number of nitro groups is 1. The first kappa shape index (κ1) is 16.7. The monoisotopic (exact) mass is 343 g/mol. The molecule has 2 heterocycles. The molecule has 0 unspecified atom stereocenters. The van der Waals surface area contributed by atoms with Gasteiger partial charge in [0.2, 0.25) is 5.88 Å². The van der Waals surface area contributed by atoms with E-state index in [0.29, 0.717) is 18.2 Å². The van der Waals surface area contributed by atoms with Crippen LogP contribution in [-0.4, -0.2) is 35.1 Å². The van der Waals surface area contributed by atoms with E-state index in [1.807, 2.05) is 0 Å². The van der Waals surface area contributed by atoms with Crippen molar-refractivity contribution in [2.45, 2.75) is 20.0 Å². The van der Waals surface area contributed by atoms with E-state index >= 15 is 0 Å². The summed E-state index contributed by atoms with van der Waals surface area (Å²) in [5, 5.41) is 11.4. The minimum Gasteiger partial charge on any atom is -0.493 e. The Morgan fingerprint density at radius 1 is 1.44 bits per heavy atom. The van der Waals surface area contributed by atoms with Crippen molar-refractivity contribution >= 4 is 17.3 Å². The van der Waals surface area contributed by atoms with Crippen molar-refractivity contribution in [1.82, 2.24) is 4.98 Å². The number of nitrogens with zero attached hydrogens (tertiary/aromatic N) is 3. The molecule has 1 aliphatic heterocycles. The van der Waals surface area contributed by atoms with Gasteiger partial charge >= 0.3 is 0 Å². The maximum absolute atomic E-state index is 13.2. The molecular formula is C17H17N3O5. The second-order valence-corrected chi connectivity index (χ2v) is 5.51. The Bertz CT molecular complexity index is 824. The number of benzene rings is 1. The average Bonchev–Trinajstić information content (AvgIpc) is 2.60. The van der Waals surface area contributed by atoms with Crippen LogP contribution in [0.25, 0.3) is 0 Å². The van der Waals surface area contributed by atoms with Gasteiger partial charge in [-0.2, -0.15) is 0 Å². The molecule has 130 valence electrons. The van der Waals surface area contributed by atoms with Gasteiger partial charge in [-0.3, -0.25) is 19.8 Å². The zero-order chi connectivity index (χ0) is 18.0. The number of nitro benzene ring substituents is 1. The van der Waals surface area contributed by atoms with E-state index in [0.717, 1.165) is 0 Å². The van der Waals surface area contributed by atoms with Crippen molar-refractivity contribution in [1.29, 1.82) is 0 Å². The maximum atomic E-state index is 13.2. The first-order chi connectivity index (χ1) is 12.0. The fourth-order valence-corrected chi connectivity index (χ4v) is 2.75. The number of anilines is 1. The molecule has 2 aromatic rings. The summed E-state index contributed by atoms with van der Waals surface area (Å²) in [7, 11) is 0. The smallest absolute Gasteiger partial charge is 0.285 e. The number of pyridine rings is 1. The largest absolute Gasteiger partial charge is 0.493 e. The van der Waals surface area contributed by atoms with E-state index in [9.17, 15) is 14.9 Å². The Balaban J connectivity index is 2.11. The first-order valence-electron chi connectivity index (χ1n) is 7.86. The third-order valence-electron chi connectivity index (χ3n) is 3.75. The van der Waals surface area contributed by atoms with Gasteiger partial charge in [-0.05, 0) is 32.0 Å². The molecule has 0 saturated heterocycles. The second-order valence-electron chi connectivity index (χ2n) is 5.51. The molecule has 0 N–H and O–H groups in total. The molecule has 8 nitrogen and oxygen atoms in total. The average molecular weight is 343 g/mol. The van der Waals surface area contributed by atoms with Crippen LogP contribution in [0.1, 0.15) is 24.2 Å². The number of fused-ring (bicyclic) bond motifs is 1. The normalized spacial score (nSPS) is 15.9. The maximum Gasteiger partial charge on any atom is 0.285 e. The Hall–Kier alpha value is -3.16. The van der Waals surface area contributed by atoms with Gasteiger partial charge in [-0.15, -0.1) is 0 Å². The van der Waals surface area contributed by atoms with Crippen molar-refractivity contribution in [2.24, 2.45) is 0 Å². The van der Waals surface area contributed by atoms with E-state index in [1.54, 1.807) is 38.2 Å². The lowest BCUT2D eigenvalue weighted by Crippen LogP contribution is -2.43. The van der Waals surface area contributed by atoms with Crippen LogP contribution < -0.4 is 14.4 Å². The van der Waals surface area contributed by atoms with Crippen molar-refractivity contribution in [3.8, 4) is 11.6 Å². The minimum atomic E-state index is -0.580. The number of carbonyl (C=O) groups is 1. The van der Waals surface area contributed by atoms with Crippen LogP contribution in [0.5, 0.6) is 11.6 Å². The molecule has 0 bridgehead atoms. The van der Waals surface area contributed by atoms with Gasteiger partial charge in [0.1, 0.15) is 17.5 Å². The molecule has 1 aromatic heterocycles. The van der Waals surface area contributed by atoms with E-state index in [2.05, 4.69) is 4.98 Å². The highest BCUT2D eigenvalue weighted by Gasteiger charge is 2.34. The van der Waals surface area contributed by atoms with Crippen molar-refractivity contribution in [3.63, 3.8) is 0 Å². The number of rotatable bonds is 4. The van der Waals surface area contributed by atoms with Crippen LogP contribution in [0.2, 0.25) is 0 Å². The number of carbonyl (C=O) groups excluding carboxylic acids is 1. The molecule has 0 radical (unpaired) electrons. The third-order valence-corrected chi connectivity index (χ3v) is 3.75. The lowest BCUT2D eigenvalue weighted by molar-refractivity contribution is -0.385. The summed E-state index contributed by atoms with van der Waals surface area (Å²) >= 11 is 0. The van der Waals surface area contributed by atoms with E-state index < -0.39 is 10.8 Å². The van der Waals surface area contributed by atoms with Gasteiger partial charge < -0.3 is 9.47 Å². The summed E-state index contributed by atoms with van der Waals surface area (Å²) in [6.45, 7) is 4.11. The molecule has 1 atom stereocenters. The molecule has 1 aliphatic rings. The summed E-state index contributed by atoms with van der Waals surface area (Å²) in [6.07, 6.45) is 1.28. The van der Waals surface area contributed by atoms with Crippen LogP contribution in [0.15, 0.2) is 36.5 Å². The topological polar surface area (TPSA) is 94.8 Å². The predicted molar refractivity (Wildman–Crippen MR) is 90.3 cm³/mol. The van der Waals surface area contributed by atoms with Crippen LogP contribution >= 0.6 is 0 Å². The Morgan fingerprint density at radius 3 is 2.96 bits per heavy atom. The molecule has 1 aromatic carbocycles. The highest BCUT2D eigenvalue weighted by atomic mass is 16.6. The fraction of sp³-hybridized carbons (Fsp3) is 0.294. The Morgan fingerprint density at radius 2 is 2.24 bits per heavy atom. The SMILES string of the molecule is CCOc1cccc([N+](=O)[O-])c1C(=O)N1C[C@H](C)Oc2ncccc21.